The Morgan fingerprint density at radius 2 is 1.40 bits per heavy atom. The molecule has 233 valence electrons. The molecule has 2 atom stereocenters. The second-order valence-corrected chi connectivity index (χ2v) is 13.3. The van der Waals surface area contributed by atoms with Gasteiger partial charge in [0.2, 0.25) is 0 Å². The zero-order valence-corrected chi connectivity index (χ0v) is 30.1. The van der Waals surface area contributed by atoms with Crippen LogP contribution in [0.25, 0.3) is 33.3 Å². The summed E-state index contributed by atoms with van der Waals surface area (Å²) >= 11 is 0. The molecule has 0 fully saturated rings. The van der Waals surface area contributed by atoms with Gasteiger partial charge >= 0.3 is 0 Å². The number of hydrogen-bond acceptors (Lipinski definition) is 3. The molecular weight excluding hydrogens is 707 g/mol. The van der Waals surface area contributed by atoms with E-state index in [-0.39, 0.29) is 32.3 Å². The average molecular weight is 757 g/mol. The fourth-order valence-electron chi connectivity index (χ4n) is 6.32. The SMILES string of the molecule is CC(O)CC(C)O.Cc1[c-]c2c(c(C)c1)CCc1cc3c(-c4c(C(C)C)cc(C(C)C)cc4C(C)C)cccc3nc1-2.[Ir]. The number of aliphatic hydroxyl groups is 2. The number of nitrogens with zero attached hydrogens (tertiary/aromatic N) is 1. The summed E-state index contributed by atoms with van der Waals surface area (Å²) in [6.45, 7) is 21.6. The van der Waals surface area contributed by atoms with Crippen LogP contribution in [0.2, 0.25) is 0 Å². The molecule has 0 aliphatic heterocycles. The average Bonchev–Trinajstić information content (AvgIpc) is 2.90. The maximum Gasteiger partial charge on any atom is 0.0601 e. The summed E-state index contributed by atoms with van der Waals surface area (Å²) in [5.41, 5.74) is 15.9. The van der Waals surface area contributed by atoms with Crippen LogP contribution in [0.1, 0.15) is 119 Å². The van der Waals surface area contributed by atoms with E-state index in [0.717, 1.165) is 24.1 Å². The second kappa shape index (κ2) is 14.6. The topological polar surface area (TPSA) is 53.4 Å². The molecule has 0 saturated carbocycles. The molecule has 0 bridgehead atoms. The summed E-state index contributed by atoms with van der Waals surface area (Å²) in [6.07, 6.45) is 1.83. The maximum atomic E-state index is 8.56. The smallest absolute Gasteiger partial charge is 0.0601 e. The largest absolute Gasteiger partial charge is 0.393 e. The molecule has 1 aliphatic rings. The predicted molar refractivity (Wildman–Crippen MR) is 179 cm³/mol. The molecule has 0 amide bonds. The van der Waals surface area contributed by atoms with Crippen molar-refractivity contribution in [2.24, 2.45) is 0 Å². The minimum Gasteiger partial charge on any atom is -0.393 e. The first-order valence-corrected chi connectivity index (χ1v) is 15.8. The van der Waals surface area contributed by atoms with Gasteiger partial charge in [-0.15, -0.1) is 34.4 Å². The van der Waals surface area contributed by atoms with Gasteiger partial charge in [0, 0.05) is 25.5 Å². The molecule has 2 unspecified atom stereocenters. The minimum absolute atomic E-state index is 0. The van der Waals surface area contributed by atoms with Crippen molar-refractivity contribution in [2.45, 2.75) is 118 Å². The Kier molecular flexibility index (Phi) is 11.9. The molecule has 43 heavy (non-hydrogen) atoms. The Balaban J connectivity index is 0.000000567. The monoisotopic (exact) mass is 757 g/mol. The van der Waals surface area contributed by atoms with Gasteiger partial charge in [0.1, 0.15) is 0 Å². The van der Waals surface area contributed by atoms with Gasteiger partial charge in [-0.2, -0.15) is 0 Å². The first-order chi connectivity index (χ1) is 19.8. The van der Waals surface area contributed by atoms with Crippen molar-refractivity contribution < 1.29 is 30.3 Å². The van der Waals surface area contributed by atoms with Crippen molar-refractivity contribution in [2.75, 3.05) is 0 Å². The van der Waals surface area contributed by atoms with Crippen LogP contribution < -0.4 is 0 Å². The Hall–Kier alpha value is -2.36. The number of fused-ring (bicyclic) bond motifs is 4. The van der Waals surface area contributed by atoms with Gasteiger partial charge in [-0.3, -0.25) is 4.98 Å². The van der Waals surface area contributed by atoms with Crippen molar-refractivity contribution in [3.8, 4) is 22.4 Å². The quantitative estimate of drug-likeness (QED) is 0.193. The van der Waals surface area contributed by atoms with Crippen LogP contribution in [0, 0.1) is 19.9 Å². The number of aryl methyl sites for hydroxylation is 3. The summed E-state index contributed by atoms with van der Waals surface area (Å²) in [4.78, 5) is 5.29. The Labute approximate surface area is 273 Å². The van der Waals surface area contributed by atoms with Crippen LogP contribution >= 0.6 is 0 Å². The van der Waals surface area contributed by atoms with Crippen LogP contribution in [0.3, 0.4) is 0 Å². The summed E-state index contributed by atoms with van der Waals surface area (Å²) in [6, 6.07) is 19.9. The van der Waals surface area contributed by atoms with Gasteiger partial charge in [0.05, 0.1) is 17.7 Å². The van der Waals surface area contributed by atoms with Gasteiger partial charge in [0.15, 0.2) is 0 Å². The predicted octanol–water partition coefficient (Wildman–Crippen LogP) is 9.59. The number of hydrogen-bond donors (Lipinski definition) is 2. The van der Waals surface area contributed by atoms with Crippen LogP contribution in [0.4, 0.5) is 0 Å². The number of rotatable bonds is 6. The second-order valence-electron chi connectivity index (χ2n) is 13.3. The first-order valence-electron chi connectivity index (χ1n) is 15.8. The molecule has 3 aromatic carbocycles. The molecule has 1 aromatic heterocycles. The van der Waals surface area contributed by atoms with E-state index in [1.54, 1.807) is 13.8 Å². The number of aromatic nitrogens is 1. The van der Waals surface area contributed by atoms with E-state index in [0.29, 0.717) is 24.2 Å². The third kappa shape index (κ3) is 7.84. The fraction of sp³-hybridized carbons (Fsp3) is 0.462. The summed E-state index contributed by atoms with van der Waals surface area (Å²) in [7, 11) is 0. The van der Waals surface area contributed by atoms with E-state index in [2.05, 4.69) is 104 Å². The van der Waals surface area contributed by atoms with E-state index in [1.807, 2.05) is 0 Å². The van der Waals surface area contributed by atoms with Crippen molar-refractivity contribution >= 4 is 10.9 Å². The third-order valence-electron chi connectivity index (χ3n) is 8.44. The van der Waals surface area contributed by atoms with E-state index in [1.165, 1.54) is 61.0 Å². The normalized spacial score (nSPS) is 13.7. The van der Waals surface area contributed by atoms with Gasteiger partial charge in [-0.1, -0.05) is 97.7 Å². The molecule has 0 spiro atoms. The van der Waals surface area contributed by atoms with Crippen molar-refractivity contribution in [3.05, 3.63) is 87.5 Å². The van der Waals surface area contributed by atoms with Crippen molar-refractivity contribution in [1.29, 1.82) is 0 Å². The Bertz CT molecular complexity index is 1530. The molecule has 4 heteroatoms. The van der Waals surface area contributed by atoms with Crippen LogP contribution in [0.5, 0.6) is 0 Å². The molecule has 2 N–H and O–H groups in total. The first kappa shape index (κ1) is 35.1. The third-order valence-corrected chi connectivity index (χ3v) is 8.44. The molecular formula is C39H50IrNO2-. The minimum atomic E-state index is -0.375. The molecule has 1 aliphatic carbocycles. The fourth-order valence-corrected chi connectivity index (χ4v) is 6.32. The van der Waals surface area contributed by atoms with E-state index in [4.69, 9.17) is 15.2 Å². The van der Waals surface area contributed by atoms with E-state index < -0.39 is 0 Å². The van der Waals surface area contributed by atoms with Crippen LogP contribution in [-0.2, 0) is 32.9 Å². The van der Waals surface area contributed by atoms with Crippen molar-refractivity contribution in [1.82, 2.24) is 4.98 Å². The standard InChI is InChI=1S/C34H38N.C5H12O2.Ir/c1-19(2)25-17-28(20(3)4)33(29(18-25)21(5)6)27-10-9-11-32-30(27)16-24-12-13-26-23(8)14-22(7)15-31(26)34(24)35-32;1-4(6)3-5(2)7;/h9-11,14,16-21H,12-13H2,1-8H3;4-7H,3H2,1-2H3;/q-1;;. The summed E-state index contributed by atoms with van der Waals surface area (Å²) in [5, 5.41) is 18.4. The molecule has 3 nitrogen and oxygen atoms in total. The zero-order valence-electron chi connectivity index (χ0n) is 27.7. The van der Waals surface area contributed by atoms with Crippen molar-refractivity contribution in [3.63, 3.8) is 0 Å². The molecule has 4 aromatic rings. The Morgan fingerprint density at radius 1 is 0.791 bits per heavy atom. The number of aliphatic hydroxyl groups excluding tert-OH is 2. The molecule has 5 rings (SSSR count). The van der Waals surface area contributed by atoms with E-state index in [9.17, 15) is 0 Å². The summed E-state index contributed by atoms with van der Waals surface area (Å²) < 4.78 is 0. The number of benzene rings is 3. The van der Waals surface area contributed by atoms with Crippen LogP contribution in [-0.4, -0.2) is 27.4 Å². The van der Waals surface area contributed by atoms with E-state index >= 15 is 0 Å². The van der Waals surface area contributed by atoms with Gasteiger partial charge in [-0.05, 0) is 84.0 Å². The Morgan fingerprint density at radius 3 is 1.91 bits per heavy atom. The van der Waals surface area contributed by atoms with Gasteiger partial charge < -0.3 is 10.2 Å². The maximum absolute atomic E-state index is 8.56. The molecule has 1 radical (unpaired) electrons. The van der Waals surface area contributed by atoms with Gasteiger partial charge in [0.25, 0.3) is 0 Å². The molecule has 0 saturated heterocycles. The molecule has 1 heterocycles. The summed E-state index contributed by atoms with van der Waals surface area (Å²) in [5.74, 6) is 1.42. The van der Waals surface area contributed by atoms with Gasteiger partial charge in [-0.25, -0.2) is 0 Å². The zero-order chi connectivity index (χ0) is 30.9. The van der Waals surface area contributed by atoms with Crippen LogP contribution in [0.15, 0.2) is 42.5 Å². The number of pyridine rings is 1.